The second kappa shape index (κ2) is 7.15. The highest BCUT2D eigenvalue weighted by Crippen LogP contribution is 2.32. The summed E-state index contributed by atoms with van der Waals surface area (Å²) < 4.78 is 7.85. The zero-order chi connectivity index (χ0) is 18.1. The molecule has 4 heterocycles. The Hall–Kier alpha value is -2.28. The summed E-state index contributed by atoms with van der Waals surface area (Å²) in [6.45, 7) is 7.01. The van der Waals surface area contributed by atoms with Crippen LogP contribution in [0.4, 0.5) is 0 Å². The Morgan fingerprint density at radius 3 is 2.62 bits per heavy atom. The van der Waals surface area contributed by atoms with Crippen molar-refractivity contribution in [3.63, 3.8) is 0 Å². The summed E-state index contributed by atoms with van der Waals surface area (Å²) in [5.41, 5.74) is 2.40. The minimum Gasteiger partial charge on any atom is -0.381 e. The SMILES string of the molecule is Cc1cnc(C(=O)N2CCC(n3c(C)cnc3C3CCOCC3)C2)cn1. The van der Waals surface area contributed by atoms with Gasteiger partial charge in [-0.05, 0) is 33.1 Å². The maximum absolute atomic E-state index is 12.7. The first-order valence-electron chi connectivity index (χ1n) is 9.33. The van der Waals surface area contributed by atoms with Crippen LogP contribution in [-0.4, -0.2) is 56.6 Å². The first-order chi connectivity index (χ1) is 12.6. The molecule has 4 rings (SSSR count). The van der Waals surface area contributed by atoms with Crippen LogP contribution >= 0.6 is 0 Å². The molecule has 0 aliphatic carbocycles. The lowest BCUT2D eigenvalue weighted by molar-refractivity contribution is 0.0778. The highest BCUT2D eigenvalue weighted by Gasteiger charge is 2.32. The quantitative estimate of drug-likeness (QED) is 0.844. The fourth-order valence-corrected chi connectivity index (χ4v) is 4.00. The number of ether oxygens (including phenoxy) is 1. The van der Waals surface area contributed by atoms with E-state index in [9.17, 15) is 4.79 Å². The van der Waals surface area contributed by atoms with E-state index in [1.807, 2.05) is 18.0 Å². The first kappa shape index (κ1) is 17.1. The smallest absolute Gasteiger partial charge is 0.274 e. The van der Waals surface area contributed by atoms with Gasteiger partial charge in [-0.2, -0.15) is 0 Å². The third kappa shape index (κ3) is 3.23. The van der Waals surface area contributed by atoms with Crippen molar-refractivity contribution in [1.29, 1.82) is 0 Å². The Morgan fingerprint density at radius 2 is 1.88 bits per heavy atom. The van der Waals surface area contributed by atoms with Crippen LogP contribution in [0.25, 0.3) is 0 Å². The Kier molecular flexibility index (Phi) is 4.72. The molecular formula is C19H25N5O2. The Morgan fingerprint density at radius 1 is 1.08 bits per heavy atom. The van der Waals surface area contributed by atoms with Crippen molar-refractivity contribution in [2.24, 2.45) is 0 Å². The molecule has 1 atom stereocenters. The number of carbonyl (C=O) groups excluding carboxylic acids is 1. The maximum atomic E-state index is 12.7. The topological polar surface area (TPSA) is 73.1 Å². The van der Waals surface area contributed by atoms with Crippen molar-refractivity contribution >= 4 is 5.91 Å². The van der Waals surface area contributed by atoms with Crippen LogP contribution in [0, 0.1) is 13.8 Å². The van der Waals surface area contributed by atoms with Gasteiger partial charge in [-0.25, -0.2) is 9.97 Å². The zero-order valence-electron chi connectivity index (χ0n) is 15.4. The van der Waals surface area contributed by atoms with Crippen molar-refractivity contribution in [2.45, 2.75) is 45.1 Å². The number of hydrogen-bond donors (Lipinski definition) is 0. The zero-order valence-corrected chi connectivity index (χ0v) is 15.4. The van der Waals surface area contributed by atoms with Gasteiger partial charge in [0.15, 0.2) is 0 Å². The summed E-state index contributed by atoms with van der Waals surface area (Å²) >= 11 is 0. The largest absolute Gasteiger partial charge is 0.381 e. The predicted octanol–water partition coefficient (Wildman–Crippen LogP) is 2.27. The number of amides is 1. The van der Waals surface area contributed by atoms with Gasteiger partial charge in [0.1, 0.15) is 11.5 Å². The Balaban J connectivity index is 1.51. The monoisotopic (exact) mass is 355 g/mol. The van der Waals surface area contributed by atoms with Crippen LogP contribution in [0.2, 0.25) is 0 Å². The van der Waals surface area contributed by atoms with Crippen molar-refractivity contribution in [2.75, 3.05) is 26.3 Å². The van der Waals surface area contributed by atoms with Crippen molar-refractivity contribution < 1.29 is 9.53 Å². The third-order valence-corrected chi connectivity index (χ3v) is 5.41. The number of aryl methyl sites for hydroxylation is 2. The van der Waals surface area contributed by atoms with Gasteiger partial charge in [-0.1, -0.05) is 0 Å². The molecule has 2 aliphatic heterocycles. The van der Waals surface area contributed by atoms with Gasteiger partial charge in [0.2, 0.25) is 0 Å². The Bertz CT molecular complexity index is 780. The molecule has 0 N–H and O–H groups in total. The van der Waals surface area contributed by atoms with E-state index >= 15 is 0 Å². The molecule has 2 aromatic rings. The summed E-state index contributed by atoms with van der Waals surface area (Å²) in [5, 5.41) is 0. The number of hydrogen-bond acceptors (Lipinski definition) is 5. The molecule has 0 aromatic carbocycles. The molecule has 138 valence electrons. The van der Waals surface area contributed by atoms with Crippen molar-refractivity contribution in [3.8, 4) is 0 Å². The van der Waals surface area contributed by atoms with Crippen molar-refractivity contribution in [3.05, 3.63) is 41.5 Å². The van der Waals surface area contributed by atoms with E-state index in [0.717, 1.165) is 50.5 Å². The predicted molar refractivity (Wildman–Crippen MR) is 96.1 cm³/mol. The summed E-state index contributed by atoms with van der Waals surface area (Å²) in [6.07, 6.45) is 8.15. The van der Waals surface area contributed by atoms with Gasteiger partial charge >= 0.3 is 0 Å². The van der Waals surface area contributed by atoms with Crippen molar-refractivity contribution in [1.82, 2.24) is 24.4 Å². The highest BCUT2D eigenvalue weighted by molar-refractivity contribution is 5.92. The van der Waals surface area contributed by atoms with E-state index in [1.54, 1.807) is 12.4 Å². The molecule has 2 saturated heterocycles. The summed E-state index contributed by atoms with van der Waals surface area (Å²) in [5.74, 6) is 1.57. The average Bonchev–Trinajstić information content (AvgIpc) is 3.29. The molecule has 2 aromatic heterocycles. The van der Waals surface area contributed by atoms with Crippen LogP contribution < -0.4 is 0 Å². The van der Waals surface area contributed by atoms with Gasteiger partial charge < -0.3 is 14.2 Å². The Labute approximate surface area is 153 Å². The lowest BCUT2D eigenvalue weighted by Gasteiger charge is -2.26. The van der Waals surface area contributed by atoms with Gasteiger partial charge in [0, 0.05) is 50.3 Å². The number of imidazole rings is 1. The summed E-state index contributed by atoms with van der Waals surface area (Å²) in [4.78, 5) is 27.7. The lowest BCUT2D eigenvalue weighted by atomic mass is 9.99. The molecule has 7 heteroatoms. The number of aromatic nitrogens is 4. The summed E-state index contributed by atoms with van der Waals surface area (Å²) in [6, 6.07) is 0.276. The standard InChI is InChI=1S/C19H25N5O2/c1-13-9-21-17(11-20-13)19(25)23-6-3-16(12-23)24-14(2)10-22-18(24)15-4-7-26-8-5-15/h9-11,15-16H,3-8,12H2,1-2H3. The maximum Gasteiger partial charge on any atom is 0.274 e. The number of rotatable bonds is 3. The average molecular weight is 355 g/mol. The second-order valence-corrected chi connectivity index (χ2v) is 7.25. The molecule has 1 unspecified atom stereocenters. The van der Waals surface area contributed by atoms with Crippen LogP contribution in [0.15, 0.2) is 18.6 Å². The molecule has 2 aliphatic rings. The highest BCUT2D eigenvalue weighted by atomic mass is 16.5. The van der Waals surface area contributed by atoms with Gasteiger partial charge in [-0.3, -0.25) is 9.78 Å². The van der Waals surface area contributed by atoms with E-state index in [4.69, 9.17) is 9.72 Å². The molecule has 0 radical (unpaired) electrons. The van der Waals surface area contributed by atoms with Crippen LogP contribution in [-0.2, 0) is 4.74 Å². The van der Waals surface area contributed by atoms with E-state index in [1.165, 1.54) is 5.69 Å². The third-order valence-electron chi connectivity index (χ3n) is 5.41. The first-order valence-corrected chi connectivity index (χ1v) is 9.33. The molecular weight excluding hydrogens is 330 g/mol. The molecule has 0 bridgehead atoms. The van der Waals surface area contributed by atoms with Crippen LogP contribution in [0.3, 0.4) is 0 Å². The normalized spacial score (nSPS) is 21.3. The number of carbonyl (C=O) groups is 1. The van der Waals surface area contributed by atoms with Gasteiger partial charge in [0.05, 0.1) is 17.9 Å². The number of nitrogens with zero attached hydrogens (tertiary/aromatic N) is 5. The fraction of sp³-hybridized carbons (Fsp3) is 0.579. The second-order valence-electron chi connectivity index (χ2n) is 7.25. The van der Waals surface area contributed by atoms with E-state index < -0.39 is 0 Å². The summed E-state index contributed by atoms with van der Waals surface area (Å²) in [7, 11) is 0. The number of likely N-dealkylation sites (tertiary alicyclic amines) is 1. The lowest BCUT2D eigenvalue weighted by Crippen LogP contribution is -2.30. The fourth-order valence-electron chi connectivity index (χ4n) is 4.00. The van der Waals surface area contributed by atoms with Gasteiger partial charge in [-0.15, -0.1) is 0 Å². The molecule has 0 spiro atoms. The molecule has 1 amide bonds. The molecule has 26 heavy (non-hydrogen) atoms. The molecule has 2 fully saturated rings. The van der Waals surface area contributed by atoms with E-state index in [-0.39, 0.29) is 11.9 Å². The molecule has 7 nitrogen and oxygen atoms in total. The van der Waals surface area contributed by atoms with E-state index in [0.29, 0.717) is 18.2 Å². The minimum absolute atomic E-state index is 0.0367. The minimum atomic E-state index is -0.0367. The van der Waals surface area contributed by atoms with E-state index in [2.05, 4.69) is 21.5 Å². The van der Waals surface area contributed by atoms with Crippen LogP contribution in [0.5, 0.6) is 0 Å². The van der Waals surface area contributed by atoms with Crippen LogP contribution in [0.1, 0.15) is 58.9 Å². The molecule has 0 saturated carbocycles. The van der Waals surface area contributed by atoms with Gasteiger partial charge in [0.25, 0.3) is 5.91 Å².